The Kier molecular flexibility index (Phi) is 3.09. The Morgan fingerprint density at radius 1 is 1.20 bits per heavy atom. The van der Waals surface area contributed by atoms with Crippen LogP contribution in [0.5, 0.6) is 0 Å². The van der Waals surface area contributed by atoms with Crippen LogP contribution in [0.1, 0.15) is 47.0 Å². The first-order chi connectivity index (χ1) is 7.03. The van der Waals surface area contributed by atoms with E-state index in [0.29, 0.717) is 11.8 Å². The van der Waals surface area contributed by atoms with E-state index >= 15 is 0 Å². The minimum Gasteiger partial charge on any atom is -0.347 e. The molecule has 1 spiro atoms. The first-order valence-corrected chi connectivity index (χ1v) is 6.35. The maximum atomic E-state index is 6.11. The summed E-state index contributed by atoms with van der Waals surface area (Å²) in [4.78, 5) is 0. The molecule has 0 radical (unpaired) electrons. The molecule has 0 aromatic heterocycles. The molecule has 15 heavy (non-hydrogen) atoms. The van der Waals surface area contributed by atoms with Gasteiger partial charge >= 0.3 is 0 Å². The van der Waals surface area contributed by atoms with Crippen LogP contribution in [0.15, 0.2) is 0 Å². The summed E-state index contributed by atoms with van der Waals surface area (Å²) >= 11 is 0. The van der Waals surface area contributed by atoms with Crippen LogP contribution in [-0.4, -0.2) is 18.5 Å². The molecular formula is C13H24O2. The van der Waals surface area contributed by atoms with Crippen molar-refractivity contribution in [2.75, 3.05) is 6.61 Å². The Balaban J connectivity index is 2.16. The third-order valence-corrected chi connectivity index (χ3v) is 3.94. The number of hydrogen-bond acceptors (Lipinski definition) is 2. The molecule has 1 unspecified atom stereocenters. The maximum absolute atomic E-state index is 6.11. The van der Waals surface area contributed by atoms with E-state index in [1.165, 1.54) is 12.8 Å². The summed E-state index contributed by atoms with van der Waals surface area (Å²) in [6.45, 7) is 9.78. The van der Waals surface area contributed by atoms with Crippen molar-refractivity contribution in [2.45, 2.75) is 58.8 Å². The summed E-state index contributed by atoms with van der Waals surface area (Å²) in [5, 5.41) is 0. The third-order valence-electron chi connectivity index (χ3n) is 3.94. The molecule has 2 heteroatoms. The summed E-state index contributed by atoms with van der Waals surface area (Å²) in [6, 6.07) is 0. The van der Waals surface area contributed by atoms with Crippen LogP contribution >= 0.6 is 0 Å². The quantitative estimate of drug-likeness (QED) is 0.664. The lowest BCUT2D eigenvalue weighted by atomic mass is 9.73. The SMILES string of the molecule is CC1CO[C@@]2(C[C@H](C)CC[C@H]2C(C)C)O1. The summed E-state index contributed by atoms with van der Waals surface area (Å²) in [5.74, 6) is 1.73. The lowest BCUT2D eigenvalue weighted by Crippen LogP contribution is -2.46. The number of rotatable bonds is 1. The van der Waals surface area contributed by atoms with Crippen molar-refractivity contribution in [3.8, 4) is 0 Å². The predicted molar refractivity (Wildman–Crippen MR) is 60.6 cm³/mol. The fourth-order valence-corrected chi connectivity index (χ4v) is 3.23. The Bertz CT molecular complexity index is 227. The highest BCUT2D eigenvalue weighted by molar-refractivity contribution is 4.91. The molecule has 2 fully saturated rings. The van der Waals surface area contributed by atoms with Gasteiger partial charge in [0.15, 0.2) is 5.79 Å². The summed E-state index contributed by atoms with van der Waals surface area (Å²) in [5.41, 5.74) is 0. The number of hydrogen-bond donors (Lipinski definition) is 0. The normalized spacial score (nSPS) is 46.6. The van der Waals surface area contributed by atoms with E-state index in [1.54, 1.807) is 0 Å². The molecule has 1 saturated carbocycles. The molecule has 88 valence electrons. The molecule has 1 aliphatic heterocycles. The van der Waals surface area contributed by atoms with Crippen molar-refractivity contribution in [3.63, 3.8) is 0 Å². The van der Waals surface area contributed by atoms with E-state index in [4.69, 9.17) is 9.47 Å². The van der Waals surface area contributed by atoms with Gasteiger partial charge in [-0.3, -0.25) is 0 Å². The van der Waals surface area contributed by atoms with Gasteiger partial charge in [0.2, 0.25) is 0 Å². The molecule has 2 nitrogen and oxygen atoms in total. The highest BCUT2D eigenvalue weighted by Gasteiger charge is 2.50. The first kappa shape index (κ1) is 11.4. The van der Waals surface area contributed by atoms with E-state index in [9.17, 15) is 0 Å². The van der Waals surface area contributed by atoms with Crippen LogP contribution < -0.4 is 0 Å². The zero-order valence-corrected chi connectivity index (χ0v) is 10.5. The van der Waals surface area contributed by atoms with E-state index in [2.05, 4.69) is 27.7 Å². The van der Waals surface area contributed by atoms with Gasteiger partial charge in [0.1, 0.15) is 0 Å². The van der Waals surface area contributed by atoms with Gasteiger partial charge in [-0.2, -0.15) is 0 Å². The second-order valence-corrected chi connectivity index (χ2v) is 5.79. The van der Waals surface area contributed by atoms with E-state index in [1.807, 2.05) is 0 Å². The van der Waals surface area contributed by atoms with Gasteiger partial charge in [0, 0.05) is 12.3 Å². The monoisotopic (exact) mass is 212 g/mol. The first-order valence-electron chi connectivity index (χ1n) is 6.35. The van der Waals surface area contributed by atoms with Gasteiger partial charge in [-0.15, -0.1) is 0 Å². The van der Waals surface area contributed by atoms with Crippen molar-refractivity contribution in [2.24, 2.45) is 17.8 Å². The van der Waals surface area contributed by atoms with E-state index < -0.39 is 0 Å². The molecule has 0 aromatic rings. The molecular weight excluding hydrogens is 188 g/mol. The highest BCUT2D eigenvalue weighted by Crippen LogP contribution is 2.47. The zero-order valence-electron chi connectivity index (χ0n) is 10.5. The van der Waals surface area contributed by atoms with Crippen LogP contribution in [0.25, 0.3) is 0 Å². The highest BCUT2D eigenvalue weighted by atomic mass is 16.7. The molecule has 2 aliphatic rings. The van der Waals surface area contributed by atoms with Gasteiger partial charge in [0.25, 0.3) is 0 Å². The molecule has 4 atom stereocenters. The Labute approximate surface area is 93.3 Å². The molecule has 0 aromatic carbocycles. The van der Waals surface area contributed by atoms with Gasteiger partial charge in [-0.25, -0.2) is 0 Å². The second-order valence-electron chi connectivity index (χ2n) is 5.79. The standard InChI is InChI=1S/C13H24O2/c1-9(2)12-6-5-10(3)7-13(12)14-8-11(4)15-13/h9-12H,5-8H2,1-4H3/t10-,11?,12+,13+/m1/s1. The lowest BCUT2D eigenvalue weighted by Gasteiger charge is -2.44. The predicted octanol–water partition coefficient (Wildman–Crippen LogP) is 3.21. The minimum atomic E-state index is -0.245. The average Bonchev–Trinajstić information content (AvgIpc) is 2.47. The van der Waals surface area contributed by atoms with Gasteiger partial charge in [0.05, 0.1) is 12.7 Å². The van der Waals surface area contributed by atoms with Crippen molar-refractivity contribution in [1.29, 1.82) is 0 Å². The maximum Gasteiger partial charge on any atom is 0.172 e. The average molecular weight is 212 g/mol. The van der Waals surface area contributed by atoms with Gasteiger partial charge < -0.3 is 9.47 Å². The second kappa shape index (κ2) is 4.06. The van der Waals surface area contributed by atoms with Crippen LogP contribution in [0.4, 0.5) is 0 Å². The van der Waals surface area contributed by atoms with Crippen molar-refractivity contribution in [1.82, 2.24) is 0 Å². The molecule has 2 rings (SSSR count). The molecule has 1 aliphatic carbocycles. The number of ether oxygens (including phenoxy) is 2. The third kappa shape index (κ3) is 2.07. The van der Waals surface area contributed by atoms with Crippen LogP contribution in [-0.2, 0) is 9.47 Å². The Morgan fingerprint density at radius 3 is 2.47 bits per heavy atom. The van der Waals surface area contributed by atoms with Crippen molar-refractivity contribution < 1.29 is 9.47 Å². The fraction of sp³-hybridized carbons (Fsp3) is 1.00. The van der Waals surface area contributed by atoms with Crippen LogP contribution in [0.2, 0.25) is 0 Å². The molecule has 1 heterocycles. The van der Waals surface area contributed by atoms with Crippen molar-refractivity contribution >= 4 is 0 Å². The van der Waals surface area contributed by atoms with E-state index in [-0.39, 0.29) is 11.9 Å². The van der Waals surface area contributed by atoms with Crippen LogP contribution in [0, 0.1) is 17.8 Å². The largest absolute Gasteiger partial charge is 0.347 e. The topological polar surface area (TPSA) is 18.5 Å². The molecule has 1 saturated heterocycles. The summed E-state index contributed by atoms with van der Waals surface area (Å²) in [6.07, 6.45) is 3.94. The lowest BCUT2D eigenvalue weighted by molar-refractivity contribution is -0.237. The minimum absolute atomic E-state index is 0.245. The molecule has 0 amide bonds. The Hall–Kier alpha value is -0.0800. The van der Waals surface area contributed by atoms with E-state index in [0.717, 1.165) is 18.9 Å². The molecule has 0 bridgehead atoms. The zero-order chi connectivity index (χ0) is 11.1. The summed E-state index contributed by atoms with van der Waals surface area (Å²) < 4.78 is 12.1. The Morgan fingerprint density at radius 2 is 1.93 bits per heavy atom. The van der Waals surface area contributed by atoms with Crippen molar-refractivity contribution in [3.05, 3.63) is 0 Å². The van der Waals surface area contributed by atoms with Crippen LogP contribution in [0.3, 0.4) is 0 Å². The fourth-order valence-electron chi connectivity index (χ4n) is 3.23. The smallest absolute Gasteiger partial charge is 0.172 e. The van der Waals surface area contributed by atoms with Gasteiger partial charge in [-0.05, 0) is 25.2 Å². The van der Waals surface area contributed by atoms with Gasteiger partial charge in [-0.1, -0.05) is 27.2 Å². The summed E-state index contributed by atoms with van der Waals surface area (Å²) in [7, 11) is 0. The molecule has 0 N–H and O–H groups in total.